The van der Waals surface area contributed by atoms with E-state index in [1.807, 2.05) is 13.8 Å². The maximum Gasteiger partial charge on any atom is 0.514 e. The summed E-state index contributed by atoms with van der Waals surface area (Å²) in [6, 6.07) is 18.4. The molecule has 0 amide bonds. The van der Waals surface area contributed by atoms with Gasteiger partial charge in [-0.3, -0.25) is 4.79 Å². The highest BCUT2D eigenvalue weighted by Gasteiger charge is 2.66. The third kappa shape index (κ3) is 10.2. The number of rotatable bonds is 10. The van der Waals surface area contributed by atoms with Crippen LogP contribution in [-0.2, 0) is 32.8 Å². The van der Waals surface area contributed by atoms with Crippen molar-refractivity contribution in [1.29, 1.82) is 0 Å². The molecule has 316 valence electrons. The van der Waals surface area contributed by atoms with Crippen LogP contribution in [0.1, 0.15) is 95.4 Å². The Balaban J connectivity index is 1.65. The van der Waals surface area contributed by atoms with Crippen molar-refractivity contribution in [2.75, 3.05) is 5.75 Å². The van der Waals surface area contributed by atoms with Gasteiger partial charge in [-0.2, -0.15) is 8.42 Å². The van der Waals surface area contributed by atoms with Crippen LogP contribution in [0.4, 0.5) is 14.4 Å². The van der Waals surface area contributed by atoms with Crippen LogP contribution in [-0.4, -0.2) is 55.2 Å². The summed E-state index contributed by atoms with van der Waals surface area (Å²) in [5.41, 5.74) is -4.18. The molecule has 2 unspecified atom stereocenters. The first-order valence-electron chi connectivity index (χ1n) is 19.0. The molecule has 0 radical (unpaired) electrons. The molecule has 2 saturated carbocycles. The topological polar surface area (TPSA) is 167 Å². The standard InChI is InChI=1S/C43H54O13S2/c1-39(2,3)53-36(45)50-29-12-18-32(19-13-29)58(33-20-14-30(15-21-33)51-37(46)54-40(4,5)6,34-22-16-31(17-23-34)52-38(47)55-41(7,8)9)56-57(48,49)27-43-25-24-28(26-35(43)44)42(43,10)11/h12-23,28H,24-27H2,1-11H3. The van der Waals surface area contributed by atoms with Gasteiger partial charge in [-0.25, -0.2) is 18.0 Å². The van der Waals surface area contributed by atoms with Gasteiger partial charge in [0.25, 0.3) is 10.1 Å². The van der Waals surface area contributed by atoms with Crippen LogP contribution in [0, 0.1) is 16.7 Å². The smallest absolute Gasteiger partial charge is 0.428 e. The van der Waals surface area contributed by atoms with E-state index in [2.05, 4.69) is 0 Å². The van der Waals surface area contributed by atoms with E-state index in [0.29, 0.717) is 27.5 Å². The minimum absolute atomic E-state index is 0.0554. The molecular formula is C43H54O13S2. The zero-order valence-corrected chi connectivity index (χ0v) is 36.6. The number of hydrogen-bond donors (Lipinski definition) is 0. The summed E-state index contributed by atoms with van der Waals surface area (Å²) >= 11 is 0. The van der Waals surface area contributed by atoms with Gasteiger partial charge in [-0.1, -0.05) is 13.8 Å². The molecule has 2 aliphatic carbocycles. The molecule has 2 fully saturated rings. The Labute approximate surface area is 342 Å². The van der Waals surface area contributed by atoms with Crippen LogP contribution in [0.2, 0.25) is 0 Å². The molecular weight excluding hydrogens is 789 g/mol. The average molecular weight is 843 g/mol. The van der Waals surface area contributed by atoms with Gasteiger partial charge in [0.05, 0.1) is 11.2 Å². The number of ether oxygens (including phenoxy) is 6. The maximum absolute atomic E-state index is 14.8. The third-order valence-electron chi connectivity index (χ3n) is 10.0. The number of fused-ring (bicyclic) bond motifs is 2. The monoisotopic (exact) mass is 842 g/mol. The van der Waals surface area contributed by atoms with Crippen LogP contribution in [0.25, 0.3) is 0 Å². The second-order valence-corrected chi connectivity index (χ2v) is 22.6. The summed E-state index contributed by atoms with van der Waals surface area (Å²) in [4.78, 5) is 52.3. The van der Waals surface area contributed by atoms with E-state index in [1.165, 1.54) is 36.4 Å². The summed E-state index contributed by atoms with van der Waals surface area (Å²) in [5, 5.41) is 0. The van der Waals surface area contributed by atoms with Crippen molar-refractivity contribution in [1.82, 2.24) is 0 Å². The quantitative estimate of drug-likeness (QED) is 0.108. The van der Waals surface area contributed by atoms with Crippen molar-refractivity contribution in [3.63, 3.8) is 0 Å². The summed E-state index contributed by atoms with van der Waals surface area (Å²) < 4.78 is 68.3. The van der Waals surface area contributed by atoms with Crippen LogP contribution in [0.3, 0.4) is 0 Å². The lowest BCUT2D eigenvalue weighted by Crippen LogP contribution is -2.42. The van der Waals surface area contributed by atoms with E-state index >= 15 is 0 Å². The summed E-state index contributed by atoms with van der Waals surface area (Å²) in [6.45, 7) is 19.2. The molecule has 3 aromatic rings. The van der Waals surface area contributed by atoms with Crippen molar-refractivity contribution in [3.05, 3.63) is 72.8 Å². The number of carbonyl (C=O) groups excluding carboxylic acids is 4. The predicted molar refractivity (Wildman–Crippen MR) is 216 cm³/mol. The first kappa shape index (κ1) is 44.5. The molecule has 3 aromatic carbocycles. The number of carbonyl (C=O) groups is 4. The Bertz CT molecular complexity index is 1940. The zero-order chi connectivity index (χ0) is 43.1. The van der Waals surface area contributed by atoms with Gasteiger partial charge in [0, 0.05) is 21.1 Å². The van der Waals surface area contributed by atoms with Crippen molar-refractivity contribution in [3.8, 4) is 17.2 Å². The fourth-order valence-corrected chi connectivity index (χ4v) is 13.3. The Morgan fingerprint density at radius 3 is 1.19 bits per heavy atom. The lowest BCUT2D eigenvalue weighted by Gasteiger charge is -2.41. The van der Waals surface area contributed by atoms with E-state index in [4.69, 9.17) is 32.1 Å². The molecule has 0 N–H and O–H groups in total. The highest BCUT2D eigenvalue weighted by molar-refractivity contribution is 8.33. The molecule has 2 atom stereocenters. The van der Waals surface area contributed by atoms with Gasteiger partial charge in [0.2, 0.25) is 0 Å². The van der Waals surface area contributed by atoms with E-state index in [1.54, 1.807) is 98.7 Å². The Morgan fingerprint density at radius 2 is 0.931 bits per heavy atom. The van der Waals surface area contributed by atoms with Crippen LogP contribution in [0.5, 0.6) is 17.2 Å². The molecule has 0 spiro atoms. The van der Waals surface area contributed by atoms with Gasteiger partial charge in [0.15, 0.2) is 0 Å². The minimum atomic E-state index is -4.56. The lowest BCUT2D eigenvalue weighted by atomic mass is 9.70. The molecule has 0 saturated heterocycles. The fourth-order valence-electron chi connectivity index (χ4n) is 7.31. The summed E-state index contributed by atoms with van der Waals surface area (Å²) in [7, 11) is -7.91. The highest BCUT2D eigenvalue weighted by atomic mass is 32.3. The normalized spacial score (nSPS) is 19.6. The first-order valence-corrected chi connectivity index (χ1v) is 22.1. The highest BCUT2D eigenvalue weighted by Crippen LogP contribution is 2.71. The molecule has 0 aromatic heterocycles. The van der Waals surface area contributed by atoms with Crippen LogP contribution < -0.4 is 14.2 Å². The molecule has 58 heavy (non-hydrogen) atoms. The van der Waals surface area contributed by atoms with Gasteiger partial charge in [0.1, 0.15) is 39.8 Å². The lowest BCUT2D eigenvalue weighted by molar-refractivity contribution is -0.128. The number of Topliss-reactive ketones (excluding diaryl/α,β-unsaturated/α-hetero) is 1. The fraction of sp³-hybridized carbons (Fsp3) is 0.488. The predicted octanol–water partition coefficient (Wildman–Crippen LogP) is 10.6. The van der Waals surface area contributed by atoms with E-state index in [-0.39, 0.29) is 28.9 Å². The number of hydrogen-bond acceptors (Lipinski definition) is 13. The largest absolute Gasteiger partial charge is 0.514 e. The van der Waals surface area contributed by atoms with Crippen LogP contribution in [0.15, 0.2) is 87.5 Å². The van der Waals surface area contributed by atoms with Gasteiger partial charge in [-0.05, 0) is 170 Å². The van der Waals surface area contributed by atoms with E-state index < -0.39 is 72.3 Å². The minimum Gasteiger partial charge on any atom is -0.428 e. The molecule has 0 heterocycles. The van der Waals surface area contributed by atoms with Crippen molar-refractivity contribution < 1.29 is 59.6 Å². The van der Waals surface area contributed by atoms with Gasteiger partial charge >= 0.3 is 18.5 Å². The van der Waals surface area contributed by atoms with Gasteiger partial charge in [-0.15, -0.1) is 0 Å². The van der Waals surface area contributed by atoms with E-state index in [9.17, 15) is 27.6 Å². The average Bonchev–Trinajstić information content (AvgIpc) is 3.40. The summed E-state index contributed by atoms with van der Waals surface area (Å²) in [5.74, 6) is -0.240. The molecule has 15 heteroatoms. The zero-order valence-electron chi connectivity index (χ0n) is 35.0. The SMILES string of the molecule is CC(C)(C)OC(=O)Oc1ccc(S(OS(=O)(=O)CC23CCC(CC2=O)C3(C)C)(c2ccc(OC(=O)OC(C)(C)C)cc2)c2ccc(OC(=O)OC(C)(C)C)cc2)cc1. The first-order chi connectivity index (χ1) is 26.6. The van der Waals surface area contributed by atoms with E-state index in [0.717, 1.165) is 6.42 Å². The Hall–Kier alpha value is -4.60. The second kappa shape index (κ2) is 15.9. The Morgan fingerprint density at radius 1 is 0.603 bits per heavy atom. The van der Waals surface area contributed by atoms with Crippen LogP contribution >= 0.6 is 10.3 Å². The molecule has 0 aliphatic heterocycles. The molecule has 13 nitrogen and oxygen atoms in total. The number of ketones is 1. The van der Waals surface area contributed by atoms with Crippen molar-refractivity contribution in [2.45, 2.75) is 127 Å². The number of benzene rings is 3. The Kier molecular flexibility index (Phi) is 12.2. The van der Waals surface area contributed by atoms with Gasteiger partial charge < -0.3 is 28.4 Å². The second-order valence-electron chi connectivity index (χ2n) is 18.1. The third-order valence-corrected chi connectivity index (χ3v) is 15.3. The summed E-state index contributed by atoms with van der Waals surface area (Å²) in [6.07, 6.45) is -1.36. The van der Waals surface area contributed by atoms with Crippen molar-refractivity contribution in [2.24, 2.45) is 16.7 Å². The molecule has 5 rings (SSSR count). The maximum atomic E-state index is 14.8. The molecule has 2 aliphatic rings. The van der Waals surface area contributed by atoms with Crippen molar-refractivity contribution >= 4 is 44.7 Å². The molecule has 2 bridgehead atoms.